The third-order valence-electron chi connectivity index (χ3n) is 4.06. The molecule has 1 amide bonds. The topological polar surface area (TPSA) is 66.9 Å². The summed E-state index contributed by atoms with van der Waals surface area (Å²) in [7, 11) is 0. The Labute approximate surface area is 132 Å². The molecule has 2 N–H and O–H groups in total. The van der Waals surface area contributed by atoms with E-state index in [1.54, 1.807) is 11.8 Å². The van der Waals surface area contributed by atoms with Gasteiger partial charge in [0.2, 0.25) is 5.91 Å². The number of nitrogens with zero attached hydrogens (tertiary/aromatic N) is 1. The lowest BCUT2D eigenvalue weighted by Gasteiger charge is -2.24. The number of hydrogen-bond acceptors (Lipinski definition) is 4. The fourth-order valence-corrected chi connectivity index (χ4v) is 5.27. The summed E-state index contributed by atoms with van der Waals surface area (Å²) >= 11 is 3.52. The molecule has 0 spiro atoms. The summed E-state index contributed by atoms with van der Waals surface area (Å²) in [6.07, 6.45) is 2.08. The van der Waals surface area contributed by atoms with E-state index in [1.165, 1.54) is 0 Å². The number of fused-ring (bicyclic) bond motifs is 1. The zero-order valence-corrected chi connectivity index (χ0v) is 14.0. The minimum atomic E-state index is -0.0448. The highest BCUT2D eigenvalue weighted by Gasteiger charge is 2.32. The van der Waals surface area contributed by atoms with Crippen molar-refractivity contribution < 1.29 is 4.79 Å². The molecule has 3 heterocycles. The number of H-pyrrole nitrogens is 1. The molecule has 3 rings (SSSR count). The predicted molar refractivity (Wildman–Crippen MR) is 89.3 cm³/mol. The fourth-order valence-electron chi connectivity index (χ4n) is 3.01. The fraction of sp³-hybridized carbons (Fsp3) is 0.714. The Bertz CT molecular complexity index is 588. The lowest BCUT2D eigenvalue weighted by Crippen LogP contribution is -2.22. The van der Waals surface area contributed by atoms with Gasteiger partial charge in [-0.15, -0.1) is 11.8 Å². The Morgan fingerprint density at radius 2 is 1.95 bits per heavy atom. The molecule has 2 aliphatic heterocycles. The standard InChI is InChI=1S/C14H21N3O2S2/c1-8(2)12-11-13(15-10(18)7-21-12)17(16-14(11)19)9-3-5-20-6-4-9/h8-9,12H,3-7H2,1-2H3,(H,15,18)(H,16,19). The van der Waals surface area contributed by atoms with Crippen LogP contribution in [-0.2, 0) is 4.79 Å². The number of rotatable bonds is 2. The van der Waals surface area contributed by atoms with Gasteiger partial charge < -0.3 is 5.32 Å². The van der Waals surface area contributed by atoms with Crippen LogP contribution in [0.4, 0.5) is 5.82 Å². The number of aromatic nitrogens is 2. The van der Waals surface area contributed by atoms with Gasteiger partial charge in [-0.2, -0.15) is 11.8 Å². The second-order valence-corrected chi connectivity index (χ2v) is 8.30. The molecule has 5 nitrogen and oxygen atoms in total. The maximum atomic E-state index is 12.5. The summed E-state index contributed by atoms with van der Waals surface area (Å²) in [6.45, 7) is 4.20. The van der Waals surface area contributed by atoms with Crippen LogP contribution in [0.1, 0.15) is 43.5 Å². The summed E-state index contributed by atoms with van der Waals surface area (Å²) in [6, 6.07) is 0.291. The summed E-state index contributed by atoms with van der Waals surface area (Å²) in [5.74, 6) is 3.65. The van der Waals surface area contributed by atoms with Crippen LogP contribution in [0.25, 0.3) is 0 Å². The highest BCUT2D eigenvalue weighted by atomic mass is 32.2. The van der Waals surface area contributed by atoms with E-state index in [1.807, 2.05) is 16.4 Å². The monoisotopic (exact) mass is 327 g/mol. The van der Waals surface area contributed by atoms with Crippen molar-refractivity contribution >= 4 is 35.2 Å². The van der Waals surface area contributed by atoms with Gasteiger partial charge >= 0.3 is 0 Å². The van der Waals surface area contributed by atoms with Gasteiger partial charge in [-0.05, 0) is 30.3 Å². The van der Waals surface area contributed by atoms with E-state index in [0.717, 1.165) is 29.9 Å². The second-order valence-electron chi connectivity index (χ2n) is 5.94. The molecule has 1 unspecified atom stereocenters. The van der Waals surface area contributed by atoms with Crippen molar-refractivity contribution in [3.63, 3.8) is 0 Å². The smallest absolute Gasteiger partial charge is 0.270 e. The lowest BCUT2D eigenvalue weighted by atomic mass is 10.0. The molecule has 1 fully saturated rings. The highest BCUT2D eigenvalue weighted by Crippen LogP contribution is 2.41. The van der Waals surface area contributed by atoms with Crippen LogP contribution in [0.5, 0.6) is 0 Å². The first-order valence-electron chi connectivity index (χ1n) is 7.41. The molecule has 1 aromatic rings. The Balaban J connectivity index is 2.06. The van der Waals surface area contributed by atoms with E-state index in [9.17, 15) is 9.59 Å². The molecule has 116 valence electrons. The van der Waals surface area contributed by atoms with Crippen molar-refractivity contribution in [3.8, 4) is 0 Å². The molecule has 2 aliphatic rings. The number of carbonyl (C=O) groups is 1. The SMILES string of the molecule is CC(C)C1SCC(=O)Nc2c1c(=O)[nH]n2C1CCSCC1. The van der Waals surface area contributed by atoms with Crippen LogP contribution >= 0.6 is 23.5 Å². The van der Waals surface area contributed by atoms with Gasteiger partial charge in [-0.1, -0.05) is 13.8 Å². The van der Waals surface area contributed by atoms with E-state index in [0.29, 0.717) is 23.5 Å². The summed E-state index contributed by atoms with van der Waals surface area (Å²) < 4.78 is 1.93. The number of hydrogen-bond donors (Lipinski definition) is 2. The minimum absolute atomic E-state index is 0.0117. The molecule has 21 heavy (non-hydrogen) atoms. The normalized spacial score (nSPS) is 23.8. The van der Waals surface area contributed by atoms with Crippen LogP contribution in [0.3, 0.4) is 0 Å². The Hall–Kier alpha value is -0.820. The first kappa shape index (κ1) is 15.1. The number of carbonyl (C=O) groups excluding carboxylic acids is 1. The minimum Gasteiger partial charge on any atom is -0.310 e. The summed E-state index contributed by atoms with van der Waals surface area (Å²) in [4.78, 5) is 24.4. The molecular weight excluding hydrogens is 306 g/mol. The highest BCUT2D eigenvalue weighted by molar-refractivity contribution is 8.00. The molecule has 7 heteroatoms. The van der Waals surface area contributed by atoms with E-state index in [-0.39, 0.29) is 16.7 Å². The Morgan fingerprint density at radius 3 is 2.62 bits per heavy atom. The largest absolute Gasteiger partial charge is 0.310 e. The van der Waals surface area contributed by atoms with Gasteiger partial charge in [-0.25, -0.2) is 0 Å². The van der Waals surface area contributed by atoms with E-state index in [2.05, 4.69) is 24.3 Å². The number of nitrogens with one attached hydrogen (secondary N) is 2. The van der Waals surface area contributed by atoms with Crippen LogP contribution < -0.4 is 10.9 Å². The molecule has 0 saturated carbocycles. The third kappa shape index (κ3) is 2.90. The molecule has 0 bridgehead atoms. The Morgan fingerprint density at radius 1 is 1.24 bits per heavy atom. The summed E-state index contributed by atoms with van der Waals surface area (Å²) in [5.41, 5.74) is 0.704. The maximum Gasteiger partial charge on any atom is 0.270 e. The van der Waals surface area contributed by atoms with Gasteiger partial charge in [0.1, 0.15) is 5.82 Å². The predicted octanol–water partition coefficient (Wildman–Crippen LogP) is 2.63. The zero-order valence-electron chi connectivity index (χ0n) is 12.3. The average Bonchev–Trinajstić information content (AvgIpc) is 2.67. The van der Waals surface area contributed by atoms with Crippen molar-refractivity contribution in [2.75, 3.05) is 22.6 Å². The lowest BCUT2D eigenvalue weighted by molar-refractivity contribution is -0.113. The zero-order chi connectivity index (χ0) is 15.0. The van der Waals surface area contributed by atoms with Crippen LogP contribution in [0.15, 0.2) is 4.79 Å². The average molecular weight is 327 g/mol. The number of amides is 1. The van der Waals surface area contributed by atoms with Gasteiger partial charge in [0, 0.05) is 5.25 Å². The molecule has 0 aromatic carbocycles. The van der Waals surface area contributed by atoms with Crippen LogP contribution in [-0.4, -0.2) is 32.9 Å². The Kier molecular flexibility index (Phi) is 4.40. The number of aromatic amines is 1. The van der Waals surface area contributed by atoms with E-state index in [4.69, 9.17) is 0 Å². The maximum absolute atomic E-state index is 12.5. The van der Waals surface area contributed by atoms with Crippen molar-refractivity contribution in [3.05, 3.63) is 15.9 Å². The van der Waals surface area contributed by atoms with Crippen molar-refractivity contribution in [1.82, 2.24) is 9.78 Å². The first-order valence-corrected chi connectivity index (χ1v) is 9.62. The molecule has 0 radical (unpaired) electrons. The second kappa shape index (κ2) is 6.12. The first-order chi connectivity index (χ1) is 10.1. The molecule has 0 aliphatic carbocycles. The van der Waals surface area contributed by atoms with Crippen LogP contribution in [0, 0.1) is 5.92 Å². The molecular formula is C14H21N3O2S2. The van der Waals surface area contributed by atoms with Gasteiger partial charge in [-0.3, -0.25) is 19.4 Å². The van der Waals surface area contributed by atoms with Crippen molar-refractivity contribution in [2.45, 2.75) is 38.0 Å². The molecule has 1 saturated heterocycles. The summed E-state index contributed by atoms with van der Waals surface area (Å²) in [5, 5.41) is 6.01. The van der Waals surface area contributed by atoms with E-state index < -0.39 is 0 Å². The van der Waals surface area contributed by atoms with E-state index >= 15 is 0 Å². The number of anilines is 1. The molecule has 1 atom stereocenters. The number of thioether (sulfide) groups is 2. The van der Waals surface area contributed by atoms with Crippen molar-refractivity contribution in [1.29, 1.82) is 0 Å². The third-order valence-corrected chi connectivity index (χ3v) is 6.68. The molecule has 1 aromatic heterocycles. The van der Waals surface area contributed by atoms with Gasteiger partial charge in [0.15, 0.2) is 0 Å². The van der Waals surface area contributed by atoms with Crippen molar-refractivity contribution in [2.24, 2.45) is 5.92 Å². The van der Waals surface area contributed by atoms with Gasteiger partial charge in [0.25, 0.3) is 5.56 Å². The van der Waals surface area contributed by atoms with Gasteiger partial charge in [0.05, 0.1) is 17.4 Å². The van der Waals surface area contributed by atoms with Crippen LogP contribution in [0.2, 0.25) is 0 Å². The quantitative estimate of drug-likeness (QED) is 0.876.